The first-order valence-corrected chi connectivity index (χ1v) is 7.93. The molecule has 128 valence electrons. The number of furan rings is 1. The second kappa shape index (κ2) is 6.91. The molecule has 1 heterocycles. The van der Waals surface area contributed by atoms with Crippen molar-refractivity contribution in [3.8, 4) is 11.1 Å². The second-order valence-electron chi connectivity index (χ2n) is 6.81. The first-order valence-electron chi connectivity index (χ1n) is 7.93. The third-order valence-electron chi connectivity index (χ3n) is 3.99. The van der Waals surface area contributed by atoms with Crippen molar-refractivity contribution in [3.63, 3.8) is 0 Å². The predicted molar refractivity (Wildman–Crippen MR) is 92.0 cm³/mol. The van der Waals surface area contributed by atoms with Crippen LogP contribution in [-0.4, -0.2) is 23.5 Å². The van der Waals surface area contributed by atoms with E-state index in [-0.39, 0.29) is 11.7 Å². The van der Waals surface area contributed by atoms with E-state index in [4.69, 9.17) is 9.52 Å². The number of amides is 1. The number of hydrogen-bond acceptors (Lipinski definition) is 3. The largest absolute Gasteiger partial charge is 0.475 e. The molecule has 1 aromatic heterocycles. The molecule has 0 aliphatic rings. The Morgan fingerprint density at radius 1 is 1.17 bits per heavy atom. The Labute approximate surface area is 141 Å². The fraction of sp³-hybridized carbons (Fsp3) is 0.368. The fourth-order valence-corrected chi connectivity index (χ4v) is 2.33. The summed E-state index contributed by atoms with van der Waals surface area (Å²) in [6.07, 6.45) is 1.42. The average molecular weight is 329 g/mol. The summed E-state index contributed by atoms with van der Waals surface area (Å²) in [5.41, 5.74) is 1.79. The van der Waals surface area contributed by atoms with Gasteiger partial charge in [0.15, 0.2) is 0 Å². The summed E-state index contributed by atoms with van der Waals surface area (Å²) in [4.78, 5) is 23.3. The van der Waals surface area contributed by atoms with Gasteiger partial charge in [-0.15, -0.1) is 0 Å². The van der Waals surface area contributed by atoms with Crippen molar-refractivity contribution in [1.29, 1.82) is 0 Å². The molecule has 0 saturated carbocycles. The van der Waals surface area contributed by atoms with E-state index in [1.54, 1.807) is 0 Å². The van der Waals surface area contributed by atoms with Crippen LogP contribution in [0.3, 0.4) is 0 Å². The highest BCUT2D eigenvalue weighted by molar-refractivity contribution is 5.88. The number of rotatable bonds is 6. The Balaban J connectivity index is 2.18. The number of hydrogen-bond donors (Lipinski definition) is 2. The number of nitrogens with one attached hydrogen (secondary N) is 1. The van der Waals surface area contributed by atoms with Crippen LogP contribution in [0.4, 0.5) is 0 Å². The first kappa shape index (κ1) is 17.8. The summed E-state index contributed by atoms with van der Waals surface area (Å²) < 4.78 is 5.01. The Morgan fingerprint density at radius 2 is 1.79 bits per heavy atom. The van der Waals surface area contributed by atoms with Crippen LogP contribution < -0.4 is 5.32 Å². The molecule has 2 N–H and O–H groups in total. The molecule has 5 nitrogen and oxygen atoms in total. The van der Waals surface area contributed by atoms with Gasteiger partial charge < -0.3 is 14.8 Å². The van der Waals surface area contributed by atoms with Gasteiger partial charge in [0.2, 0.25) is 11.7 Å². The SMILES string of the molecule is CC(C)CNC(=O)C(C)(C)c1ccc(-c2coc(C(=O)O)c2)cc1. The van der Waals surface area contributed by atoms with Gasteiger partial charge in [0.25, 0.3) is 0 Å². The van der Waals surface area contributed by atoms with Gasteiger partial charge in [0.1, 0.15) is 0 Å². The van der Waals surface area contributed by atoms with Crippen LogP contribution in [0.2, 0.25) is 0 Å². The fourth-order valence-electron chi connectivity index (χ4n) is 2.33. The molecule has 1 amide bonds. The van der Waals surface area contributed by atoms with Gasteiger partial charge in [-0.2, -0.15) is 0 Å². The Morgan fingerprint density at radius 3 is 2.29 bits per heavy atom. The quantitative estimate of drug-likeness (QED) is 0.847. The highest BCUT2D eigenvalue weighted by atomic mass is 16.4. The van der Waals surface area contributed by atoms with Gasteiger partial charge in [-0.3, -0.25) is 4.79 Å². The minimum absolute atomic E-state index is 0.0135. The number of carbonyl (C=O) groups is 2. The molecule has 0 aliphatic carbocycles. The second-order valence-corrected chi connectivity index (χ2v) is 6.81. The zero-order valence-electron chi connectivity index (χ0n) is 14.4. The lowest BCUT2D eigenvalue weighted by molar-refractivity contribution is -0.125. The van der Waals surface area contributed by atoms with Crippen LogP contribution in [0.1, 0.15) is 43.8 Å². The zero-order valence-corrected chi connectivity index (χ0v) is 14.4. The van der Waals surface area contributed by atoms with E-state index >= 15 is 0 Å². The summed E-state index contributed by atoms with van der Waals surface area (Å²) in [5.74, 6) is -0.805. The maximum atomic E-state index is 12.4. The molecule has 0 fully saturated rings. The van der Waals surface area contributed by atoms with Crippen molar-refractivity contribution in [2.75, 3.05) is 6.54 Å². The van der Waals surface area contributed by atoms with Crippen LogP contribution in [0.25, 0.3) is 11.1 Å². The normalized spacial score (nSPS) is 11.5. The van der Waals surface area contributed by atoms with Gasteiger partial charge in [0.05, 0.1) is 11.7 Å². The molecular formula is C19H23NO4. The maximum absolute atomic E-state index is 12.4. The molecule has 0 unspecified atom stereocenters. The molecule has 0 radical (unpaired) electrons. The van der Waals surface area contributed by atoms with E-state index in [9.17, 15) is 9.59 Å². The molecular weight excluding hydrogens is 306 g/mol. The molecule has 0 atom stereocenters. The van der Waals surface area contributed by atoms with Gasteiger partial charge in [-0.05, 0) is 37.0 Å². The van der Waals surface area contributed by atoms with Crippen LogP contribution in [0.5, 0.6) is 0 Å². The number of carboxylic acids is 1. The summed E-state index contributed by atoms with van der Waals surface area (Å²) in [5, 5.41) is 11.9. The summed E-state index contributed by atoms with van der Waals surface area (Å²) in [7, 11) is 0. The molecule has 1 aromatic carbocycles. The first-order chi connectivity index (χ1) is 11.2. The van der Waals surface area contributed by atoms with E-state index in [1.165, 1.54) is 12.3 Å². The Bertz CT molecular complexity index is 726. The smallest absolute Gasteiger partial charge is 0.371 e. The molecule has 2 rings (SSSR count). The van der Waals surface area contributed by atoms with Gasteiger partial charge in [-0.1, -0.05) is 38.1 Å². The van der Waals surface area contributed by atoms with Crippen molar-refractivity contribution >= 4 is 11.9 Å². The lowest BCUT2D eigenvalue weighted by atomic mass is 9.83. The molecule has 0 bridgehead atoms. The summed E-state index contributed by atoms with van der Waals surface area (Å²) in [6, 6.07) is 8.99. The van der Waals surface area contributed by atoms with Crippen molar-refractivity contribution in [1.82, 2.24) is 5.32 Å². The van der Waals surface area contributed by atoms with E-state index in [0.29, 0.717) is 18.0 Å². The highest BCUT2D eigenvalue weighted by Gasteiger charge is 2.29. The molecule has 0 aliphatic heterocycles. The lowest BCUT2D eigenvalue weighted by Gasteiger charge is -2.25. The van der Waals surface area contributed by atoms with Crippen molar-refractivity contribution in [2.45, 2.75) is 33.1 Å². The topological polar surface area (TPSA) is 79.5 Å². The van der Waals surface area contributed by atoms with Gasteiger partial charge in [0, 0.05) is 12.1 Å². The standard InChI is InChI=1S/C19H23NO4/c1-12(2)10-20-18(23)19(3,4)15-7-5-13(6-8-15)14-9-16(17(21)22)24-11-14/h5-9,11-12H,10H2,1-4H3,(H,20,23)(H,21,22). The minimum atomic E-state index is -1.10. The molecule has 0 saturated heterocycles. The zero-order chi connectivity index (χ0) is 17.9. The van der Waals surface area contributed by atoms with E-state index < -0.39 is 11.4 Å². The van der Waals surface area contributed by atoms with Crippen LogP contribution in [0.15, 0.2) is 41.0 Å². The summed E-state index contributed by atoms with van der Waals surface area (Å²) in [6.45, 7) is 8.53. The maximum Gasteiger partial charge on any atom is 0.371 e. The van der Waals surface area contributed by atoms with Crippen molar-refractivity contribution in [2.24, 2.45) is 5.92 Å². The lowest BCUT2D eigenvalue weighted by Crippen LogP contribution is -2.41. The van der Waals surface area contributed by atoms with E-state index in [1.807, 2.05) is 38.1 Å². The van der Waals surface area contributed by atoms with Crippen LogP contribution in [0, 0.1) is 5.92 Å². The predicted octanol–water partition coefficient (Wildman–Crippen LogP) is 3.69. The third-order valence-corrected chi connectivity index (χ3v) is 3.99. The number of carboxylic acid groups (broad SMARTS) is 1. The van der Waals surface area contributed by atoms with Crippen molar-refractivity contribution in [3.05, 3.63) is 47.9 Å². The van der Waals surface area contributed by atoms with Gasteiger partial charge >= 0.3 is 5.97 Å². The summed E-state index contributed by atoms with van der Waals surface area (Å²) >= 11 is 0. The number of aromatic carboxylic acids is 1. The third kappa shape index (κ3) is 3.85. The van der Waals surface area contributed by atoms with Gasteiger partial charge in [-0.25, -0.2) is 4.79 Å². The molecule has 2 aromatic rings. The van der Waals surface area contributed by atoms with E-state index in [0.717, 1.165) is 11.1 Å². The minimum Gasteiger partial charge on any atom is -0.475 e. The Hall–Kier alpha value is -2.56. The van der Waals surface area contributed by atoms with Crippen LogP contribution in [-0.2, 0) is 10.2 Å². The Kier molecular flexibility index (Phi) is 5.12. The monoisotopic (exact) mass is 329 g/mol. The number of benzene rings is 1. The number of carbonyl (C=O) groups excluding carboxylic acids is 1. The van der Waals surface area contributed by atoms with Crippen LogP contribution >= 0.6 is 0 Å². The molecule has 5 heteroatoms. The van der Waals surface area contributed by atoms with E-state index in [2.05, 4.69) is 19.2 Å². The van der Waals surface area contributed by atoms with Crippen molar-refractivity contribution < 1.29 is 19.1 Å². The highest BCUT2D eigenvalue weighted by Crippen LogP contribution is 2.28. The average Bonchev–Trinajstić information content (AvgIpc) is 3.02. The molecule has 24 heavy (non-hydrogen) atoms. The molecule has 0 spiro atoms.